The van der Waals surface area contributed by atoms with E-state index in [1.165, 1.54) is 0 Å². The number of nitrogens with one attached hydrogen (secondary N) is 1. The van der Waals surface area contributed by atoms with Crippen LogP contribution in [-0.4, -0.2) is 30.1 Å². The minimum Gasteiger partial charge on any atom is -0.508 e. The van der Waals surface area contributed by atoms with Crippen molar-refractivity contribution >= 4 is 11.0 Å². The Morgan fingerprint density at radius 2 is 2.44 bits per heavy atom. The number of aromatic nitrogens is 1. The van der Waals surface area contributed by atoms with Crippen molar-refractivity contribution in [2.45, 2.75) is 18.6 Å². The van der Waals surface area contributed by atoms with Gasteiger partial charge in [-0.15, -0.1) is 0 Å². The second-order valence-electron chi connectivity index (χ2n) is 4.35. The third-order valence-corrected chi connectivity index (χ3v) is 3.04. The van der Waals surface area contributed by atoms with Crippen LogP contribution in [0.2, 0.25) is 0 Å². The first-order chi connectivity index (χ1) is 8.78. The lowest BCUT2D eigenvalue weighted by atomic mass is 10.1. The number of aromatic hydroxyl groups is 1. The van der Waals surface area contributed by atoms with Crippen molar-refractivity contribution < 1.29 is 19.2 Å². The molecule has 6 heteroatoms. The average Bonchev–Trinajstić information content (AvgIpc) is 2.95. The summed E-state index contributed by atoms with van der Waals surface area (Å²) in [6, 6.07) is 4.94. The Labute approximate surface area is 103 Å². The predicted octanol–water partition coefficient (Wildman–Crippen LogP) is 1.51. The summed E-state index contributed by atoms with van der Waals surface area (Å²) in [7, 11) is 1.64. The quantitative estimate of drug-likeness (QED) is 0.860. The summed E-state index contributed by atoms with van der Waals surface area (Å²) >= 11 is 0. The van der Waals surface area contributed by atoms with Gasteiger partial charge in [-0.2, -0.15) is 5.48 Å². The molecular weight excluding hydrogens is 236 g/mol. The molecule has 2 atom stereocenters. The topological polar surface area (TPSA) is 76.8 Å². The Morgan fingerprint density at radius 3 is 3.28 bits per heavy atom. The lowest BCUT2D eigenvalue weighted by Gasteiger charge is -2.04. The van der Waals surface area contributed by atoms with Gasteiger partial charge >= 0.3 is 0 Å². The molecule has 0 bridgehead atoms. The standard InChI is InChI=1S/C12H14N2O4/c1-16-6-8-5-10(13-17-8)12-9-3-2-7(15)4-11(9)18-14-12/h2-4,8,10,13,15H,5-6H2,1H3/t8?,10-/m1/s1. The highest BCUT2D eigenvalue weighted by Gasteiger charge is 2.30. The summed E-state index contributed by atoms with van der Waals surface area (Å²) in [5.74, 6) is 0.165. The molecule has 96 valence electrons. The molecule has 0 saturated carbocycles. The average molecular weight is 250 g/mol. The van der Waals surface area contributed by atoms with Crippen LogP contribution >= 0.6 is 0 Å². The molecule has 1 unspecified atom stereocenters. The van der Waals surface area contributed by atoms with Gasteiger partial charge in [0.1, 0.15) is 17.5 Å². The van der Waals surface area contributed by atoms with E-state index >= 15 is 0 Å². The maximum atomic E-state index is 9.37. The second kappa shape index (κ2) is 4.56. The van der Waals surface area contributed by atoms with Crippen LogP contribution in [0, 0.1) is 0 Å². The summed E-state index contributed by atoms with van der Waals surface area (Å²) in [6.07, 6.45) is 0.792. The maximum absolute atomic E-state index is 9.37. The number of benzene rings is 1. The van der Waals surface area contributed by atoms with Crippen LogP contribution in [0.4, 0.5) is 0 Å². The Morgan fingerprint density at radius 1 is 1.56 bits per heavy atom. The Kier molecular flexibility index (Phi) is 2.91. The summed E-state index contributed by atoms with van der Waals surface area (Å²) < 4.78 is 10.3. The van der Waals surface area contributed by atoms with Crippen LogP contribution in [0.15, 0.2) is 22.7 Å². The highest BCUT2D eigenvalue weighted by Crippen LogP contribution is 2.31. The number of phenols is 1. The number of nitrogens with zero attached hydrogens (tertiary/aromatic N) is 1. The van der Waals surface area contributed by atoms with E-state index in [1.807, 2.05) is 0 Å². The van der Waals surface area contributed by atoms with Crippen molar-refractivity contribution in [2.24, 2.45) is 0 Å². The highest BCUT2D eigenvalue weighted by molar-refractivity contribution is 5.81. The van der Waals surface area contributed by atoms with E-state index < -0.39 is 0 Å². The Balaban J connectivity index is 1.87. The molecule has 1 aromatic heterocycles. The number of fused-ring (bicyclic) bond motifs is 1. The van der Waals surface area contributed by atoms with Gasteiger partial charge in [-0.3, -0.25) is 4.84 Å². The molecule has 2 N–H and O–H groups in total. The first-order valence-corrected chi connectivity index (χ1v) is 5.76. The van der Waals surface area contributed by atoms with Crippen LogP contribution < -0.4 is 5.48 Å². The third kappa shape index (κ3) is 1.94. The Hall–Kier alpha value is -1.63. The number of rotatable bonds is 3. The monoisotopic (exact) mass is 250 g/mol. The predicted molar refractivity (Wildman–Crippen MR) is 62.9 cm³/mol. The Bertz CT molecular complexity index is 554. The van der Waals surface area contributed by atoms with Crippen molar-refractivity contribution in [2.75, 3.05) is 13.7 Å². The van der Waals surface area contributed by atoms with Gasteiger partial charge in [0, 0.05) is 25.0 Å². The van der Waals surface area contributed by atoms with Crippen molar-refractivity contribution in [3.8, 4) is 5.75 Å². The molecule has 2 heterocycles. The minimum absolute atomic E-state index is 0.0175. The lowest BCUT2D eigenvalue weighted by Crippen LogP contribution is -2.15. The molecule has 0 radical (unpaired) electrons. The van der Waals surface area contributed by atoms with E-state index in [0.29, 0.717) is 12.2 Å². The molecule has 0 spiro atoms. The van der Waals surface area contributed by atoms with Crippen LogP contribution in [-0.2, 0) is 9.57 Å². The zero-order valence-corrected chi connectivity index (χ0v) is 9.92. The van der Waals surface area contributed by atoms with E-state index in [4.69, 9.17) is 14.1 Å². The highest BCUT2D eigenvalue weighted by atomic mass is 16.7. The number of phenolic OH excluding ortho intramolecular Hbond substituents is 1. The van der Waals surface area contributed by atoms with Crippen LogP contribution in [0.3, 0.4) is 0 Å². The van der Waals surface area contributed by atoms with Gasteiger partial charge < -0.3 is 14.4 Å². The summed E-state index contributed by atoms with van der Waals surface area (Å²) in [6.45, 7) is 0.542. The zero-order chi connectivity index (χ0) is 12.5. The molecule has 0 amide bonds. The molecule has 1 saturated heterocycles. The van der Waals surface area contributed by atoms with Crippen molar-refractivity contribution in [1.29, 1.82) is 0 Å². The fraction of sp³-hybridized carbons (Fsp3) is 0.417. The molecule has 1 aliphatic rings. The largest absolute Gasteiger partial charge is 0.508 e. The first-order valence-electron chi connectivity index (χ1n) is 5.76. The van der Waals surface area contributed by atoms with Crippen molar-refractivity contribution in [3.05, 3.63) is 23.9 Å². The molecule has 1 aromatic carbocycles. The number of hydrogen-bond acceptors (Lipinski definition) is 6. The molecular formula is C12H14N2O4. The third-order valence-electron chi connectivity index (χ3n) is 3.04. The minimum atomic E-state index is -0.0176. The van der Waals surface area contributed by atoms with Crippen molar-refractivity contribution in [1.82, 2.24) is 10.6 Å². The molecule has 1 fully saturated rings. The zero-order valence-electron chi connectivity index (χ0n) is 9.92. The molecule has 6 nitrogen and oxygen atoms in total. The van der Waals surface area contributed by atoms with Crippen LogP contribution in [0.5, 0.6) is 5.75 Å². The van der Waals surface area contributed by atoms with E-state index in [0.717, 1.165) is 17.5 Å². The van der Waals surface area contributed by atoms with E-state index in [-0.39, 0.29) is 17.9 Å². The van der Waals surface area contributed by atoms with Crippen molar-refractivity contribution in [3.63, 3.8) is 0 Å². The van der Waals surface area contributed by atoms with Crippen LogP contribution in [0.25, 0.3) is 11.0 Å². The number of methoxy groups -OCH3 is 1. The van der Waals surface area contributed by atoms with Gasteiger partial charge in [0.25, 0.3) is 0 Å². The number of hydroxylamine groups is 1. The van der Waals surface area contributed by atoms with Gasteiger partial charge in [-0.1, -0.05) is 5.16 Å². The summed E-state index contributed by atoms with van der Waals surface area (Å²) in [5, 5.41) is 14.3. The molecule has 0 aliphatic carbocycles. The smallest absolute Gasteiger partial charge is 0.170 e. The molecule has 3 rings (SSSR count). The first kappa shape index (κ1) is 11.5. The number of ether oxygens (including phenoxy) is 1. The normalized spacial score (nSPS) is 23.8. The van der Waals surface area contributed by atoms with Gasteiger partial charge in [0.05, 0.1) is 12.6 Å². The molecule has 18 heavy (non-hydrogen) atoms. The molecule has 2 aromatic rings. The summed E-state index contributed by atoms with van der Waals surface area (Å²) in [4.78, 5) is 5.40. The van der Waals surface area contributed by atoms with Gasteiger partial charge in [0.2, 0.25) is 0 Å². The SMILES string of the molecule is COCC1C[C@H](c2noc3cc(O)ccc23)NO1. The number of hydrogen-bond donors (Lipinski definition) is 2. The summed E-state index contributed by atoms with van der Waals surface area (Å²) in [5.41, 5.74) is 4.30. The van der Waals surface area contributed by atoms with Gasteiger partial charge in [0.15, 0.2) is 5.58 Å². The van der Waals surface area contributed by atoms with Gasteiger partial charge in [-0.05, 0) is 12.1 Å². The second-order valence-corrected chi connectivity index (χ2v) is 4.35. The maximum Gasteiger partial charge on any atom is 0.170 e. The molecule has 1 aliphatic heterocycles. The van der Waals surface area contributed by atoms with Crippen LogP contribution in [0.1, 0.15) is 18.2 Å². The van der Waals surface area contributed by atoms with E-state index in [1.54, 1.807) is 25.3 Å². The fourth-order valence-electron chi connectivity index (χ4n) is 2.19. The van der Waals surface area contributed by atoms with Gasteiger partial charge in [-0.25, -0.2) is 0 Å². The fourth-order valence-corrected chi connectivity index (χ4v) is 2.19. The van der Waals surface area contributed by atoms with E-state index in [2.05, 4.69) is 10.6 Å². The lowest BCUT2D eigenvalue weighted by molar-refractivity contribution is -0.0150. The van der Waals surface area contributed by atoms with E-state index in [9.17, 15) is 5.11 Å².